The molecule has 1 aromatic carbocycles. The summed E-state index contributed by atoms with van der Waals surface area (Å²) in [5.74, 6) is -0.0377. The van der Waals surface area contributed by atoms with Gasteiger partial charge in [-0.05, 0) is 25.1 Å². The largest absolute Gasteiger partial charge is 0.495 e. The molecule has 5 N–H and O–H groups in total. The van der Waals surface area contributed by atoms with Gasteiger partial charge in [0.1, 0.15) is 11.6 Å². The van der Waals surface area contributed by atoms with Crippen molar-refractivity contribution in [2.75, 3.05) is 18.4 Å². The van der Waals surface area contributed by atoms with Crippen LogP contribution < -0.4 is 19.9 Å². The number of amidine groups is 1. The maximum absolute atomic E-state index is 11.7. The van der Waals surface area contributed by atoms with E-state index in [2.05, 4.69) is 9.46 Å². The number of anilines is 1. The number of carbonyl (C=O) groups is 1. The molecular formula is C11H16N4O5S. The second-order valence-electron chi connectivity index (χ2n) is 3.76. The third-order valence-electron chi connectivity index (χ3n) is 2.25. The first-order valence-electron chi connectivity index (χ1n) is 5.78. The van der Waals surface area contributed by atoms with Crippen LogP contribution in [-0.4, -0.2) is 34.1 Å². The Bertz CT molecular complexity index is 644. The summed E-state index contributed by atoms with van der Waals surface area (Å²) in [5.41, 5.74) is 5.78. The molecule has 0 aliphatic carbocycles. The second kappa shape index (κ2) is 6.79. The predicted octanol–water partition coefficient (Wildman–Crippen LogP) is 0.382. The number of hydrogen-bond acceptors (Lipinski definition) is 6. The molecule has 116 valence electrons. The number of carbonyl (C=O) groups excluding carboxylic acids is 1. The summed E-state index contributed by atoms with van der Waals surface area (Å²) in [6.07, 6.45) is -1.09. The average Bonchev–Trinajstić information content (AvgIpc) is 2.37. The highest BCUT2D eigenvalue weighted by atomic mass is 32.2. The van der Waals surface area contributed by atoms with Gasteiger partial charge >= 0.3 is 16.3 Å². The summed E-state index contributed by atoms with van der Waals surface area (Å²) >= 11 is 0. The summed E-state index contributed by atoms with van der Waals surface area (Å²) in [4.78, 5) is 11.1. The number of amides is 1. The van der Waals surface area contributed by atoms with Crippen molar-refractivity contribution in [2.24, 2.45) is 5.73 Å². The van der Waals surface area contributed by atoms with Crippen LogP contribution in [0.25, 0.3) is 0 Å². The molecule has 10 heteroatoms. The fourth-order valence-corrected chi connectivity index (χ4v) is 2.17. The minimum atomic E-state index is -4.16. The number of nitrogens with two attached hydrogens (primary N) is 1. The monoisotopic (exact) mass is 316 g/mol. The lowest BCUT2D eigenvalue weighted by Gasteiger charge is -2.13. The molecule has 21 heavy (non-hydrogen) atoms. The third-order valence-corrected chi connectivity index (χ3v) is 3.17. The van der Waals surface area contributed by atoms with Crippen LogP contribution in [-0.2, 0) is 14.9 Å². The van der Waals surface area contributed by atoms with E-state index in [9.17, 15) is 13.2 Å². The average molecular weight is 316 g/mol. The molecule has 0 aliphatic rings. The molecule has 0 unspecified atom stereocenters. The Hall–Kier alpha value is -2.49. The van der Waals surface area contributed by atoms with Gasteiger partial charge in [-0.2, -0.15) is 8.42 Å². The van der Waals surface area contributed by atoms with Crippen LogP contribution in [0.2, 0.25) is 0 Å². The quantitative estimate of drug-likeness (QED) is 0.441. The Kier molecular flexibility index (Phi) is 5.36. The Morgan fingerprint density at radius 3 is 2.62 bits per heavy atom. The van der Waals surface area contributed by atoms with Crippen LogP contribution in [0.4, 0.5) is 10.5 Å². The van der Waals surface area contributed by atoms with Crippen molar-refractivity contribution in [2.45, 2.75) is 6.92 Å². The topological polar surface area (TPSA) is 144 Å². The van der Waals surface area contributed by atoms with Crippen molar-refractivity contribution >= 4 is 27.8 Å². The summed E-state index contributed by atoms with van der Waals surface area (Å²) in [6.45, 7) is 1.58. The molecule has 0 aromatic heterocycles. The minimum absolute atomic E-state index is 0.0397. The highest BCUT2D eigenvalue weighted by Crippen LogP contribution is 2.26. The van der Waals surface area contributed by atoms with E-state index in [0.717, 1.165) is 0 Å². The lowest BCUT2D eigenvalue weighted by molar-refractivity contribution is 0.159. The van der Waals surface area contributed by atoms with E-state index in [4.69, 9.17) is 15.9 Å². The smallest absolute Gasteiger partial charge is 0.422 e. The van der Waals surface area contributed by atoms with E-state index in [1.165, 1.54) is 25.3 Å². The van der Waals surface area contributed by atoms with Gasteiger partial charge in [0.2, 0.25) is 0 Å². The number of methoxy groups -OCH3 is 1. The summed E-state index contributed by atoms with van der Waals surface area (Å²) in [7, 11) is -2.83. The fourth-order valence-electron chi connectivity index (χ4n) is 1.38. The van der Waals surface area contributed by atoms with E-state index >= 15 is 0 Å². The Balaban J connectivity index is 2.96. The SMILES string of the molecule is CCOC(=O)NS(=O)(=O)Nc1ccc(C(=N)N)cc1OC. The highest BCUT2D eigenvalue weighted by Gasteiger charge is 2.17. The van der Waals surface area contributed by atoms with E-state index in [0.29, 0.717) is 5.56 Å². The first-order chi connectivity index (χ1) is 9.79. The summed E-state index contributed by atoms with van der Waals surface area (Å²) in [6, 6.07) is 4.19. The molecule has 9 nitrogen and oxygen atoms in total. The highest BCUT2D eigenvalue weighted by molar-refractivity contribution is 7.91. The van der Waals surface area contributed by atoms with Crippen LogP contribution in [0.5, 0.6) is 5.75 Å². The standard InChI is InChI=1S/C11H16N4O5S/c1-3-20-11(16)15-21(17,18)14-8-5-4-7(10(12)13)6-9(8)19-2/h4-6,14H,3H2,1-2H3,(H3,12,13)(H,15,16). The number of hydrogen-bond donors (Lipinski definition) is 4. The molecule has 1 rings (SSSR count). The van der Waals surface area contributed by atoms with Crippen LogP contribution in [0.1, 0.15) is 12.5 Å². The maximum Gasteiger partial charge on any atom is 0.422 e. The molecule has 0 heterocycles. The van der Waals surface area contributed by atoms with Gasteiger partial charge in [-0.15, -0.1) is 0 Å². The number of ether oxygens (including phenoxy) is 2. The van der Waals surface area contributed by atoms with E-state index in [1.807, 2.05) is 0 Å². The van der Waals surface area contributed by atoms with Gasteiger partial charge < -0.3 is 15.2 Å². The van der Waals surface area contributed by atoms with Crippen molar-refractivity contribution in [1.29, 1.82) is 5.41 Å². The number of nitrogens with one attached hydrogen (secondary N) is 3. The Morgan fingerprint density at radius 2 is 2.10 bits per heavy atom. The van der Waals surface area contributed by atoms with Gasteiger partial charge in [0, 0.05) is 5.56 Å². The molecule has 0 atom stereocenters. The molecular weight excluding hydrogens is 300 g/mol. The predicted molar refractivity (Wildman–Crippen MR) is 76.7 cm³/mol. The lowest BCUT2D eigenvalue weighted by atomic mass is 10.2. The fraction of sp³-hybridized carbons (Fsp3) is 0.273. The second-order valence-corrected chi connectivity index (χ2v) is 5.17. The summed E-state index contributed by atoms with van der Waals surface area (Å²) in [5, 5.41) is 7.31. The molecule has 0 saturated carbocycles. The Labute approximate surface area is 122 Å². The van der Waals surface area contributed by atoms with Crippen molar-refractivity contribution < 1.29 is 22.7 Å². The molecule has 0 saturated heterocycles. The van der Waals surface area contributed by atoms with Gasteiger partial charge in [0.05, 0.1) is 19.4 Å². The maximum atomic E-state index is 11.7. The van der Waals surface area contributed by atoms with Gasteiger partial charge in [-0.25, -0.2) is 9.52 Å². The van der Waals surface area contributed by atoms with E-state index in [-0.39, 0.29) is 23.9 Å². The first-order valence-corrected chi connectivity index (χ1v) is 7.27. The molecule has 0 fully saturated rings. The lowest BCUT2D eigenvalue weighted by Crippen LogP contribution is -2.35. The molecule has 1 aromatic rings. The zero-order valence-corrected chi connectivity index (χ0v) is 12.3. The molecule has 0 bridgehead atoms. The van der Waals surface area contributed by atoms with Crippen molar-refractivity contribution in [1.82, 2.24) is 4.72 Å². The number of nitrogen functional groups attached to an aromatic ring is 1. The van der Waals surface area contributed by atoms with Crippen molar-refractivity contribution in [3.63, 3.8) is 0 Å². The minimum Gasteiger partial charge on any atom is -0.495 e. The van der Waals surface area contributed by atoms with Crippen LogP contribution in [0, 0.1) is 5.41 Å². The van der Waals surface area contributed by atoms with E-state index < -0.39 is 16.3 Å². The number of rotatable bonds is 6. The van der Waals surface area contributed by atoms with Gasteiger partial charge in [-0.3, -0.25) is 10.1 Å². The van der Waals surface area contributed by atoms with Gasteiger partial charge in [-0.1, -0.05) is 0 Å². The molecule has 0 spiro atoms. The molecule has 0 radical (unpaired) electrons. The third kappa shape index (κ3) is 4.84. The molecule has 1 amide bonds. The van der Waals surface area contributed by atoms with Crippen LogP contribution in [0.3, 0.4) is 0 Å². The van der Waals surface area contributed by atoms with E-state index in [1.54, 1.807) is 11.6 Å². The zero-order chi connectivity index (χ0) is 16.0. The van der Waals surface area contributed by atoms with Crippen molar-refractivity contribution in [3.05, 3.63) is 23.8 Å². The van der Waals surface area contributed by atoms with Crippen LogP contribution >= 0.6 is 0 Å². The van der Waals surface area contributed by atoms with Gasteiger partial charge in [0.25, 0.3) is 0 Å². The number of benzene rings is 1. The van der Waals surface area contributed by atoms with Gasteiger partial charge in [0.15, 0.2) is 0 Å². The first kappa shape index (κ1) is 16.6. The van der Waals surface area contributed by atoms with Crippen LogP contribution in [0.15, 0.2) is 18.2 Å². The zero-order valence-electron chi connectivity index (χ0n) is 11.5. The normalized spacial score (nSPS) is 10.6. The summed E-state index contributed by atoms with van der Waals surface area (Å²) < 4.78 is 36.7. The molecule has 0 aliphatic heterocycles. The van der Waals surface area contributed by atoms with Crippen molar-refractivity contribution in [3.8, 4) is 5.75 Å². The Morgan fingerprint density at radius 1 is 1.43 bits per heavy atom.